The number of benzene rings is 1. The van der Waals surface area contributed by atoms with Gasteiger partial charge in [0.15, 0.2) is 11.5 Å². The molecule has 0 aliphatic rings. The largest absolute Gasteiger partial charge is 0.497 e. The molecule has 0 saturated heterocycles. The smallest absolute Gasteiger partial charge is 0.471 e. The zero-order valence-corrected chi connectivity index (χ0v) is 11.6. The van der Waals surface area contributed by atoms with Gasteiger partial charge in [0.1, 0.15) is 12.1 Å². The molecular formula is C13H10F3N3O4. The van der Waals surface area contributed by atoms with Crippen LogP contribution in [-0.4, -0.2) is 39.8 Å². The Morgan fingerprint density at radius 1 is 1.26 bits per heavy atom. The predicted octanol–water partition coefficient (Wildman–Crippen LogP) is 2.08. The second kappa shape index (κ2) is 5.99. The van der Waals surface area contributed by atoms with Gasteiger partial charge in [0.05, 0.1) is 7.11 Å². The lowest BCUT2D eigenvalue weighted by Gasteiger charge is -2.12. The molecule has 122 valence electrons. The SMILES string of the molecule is COc1ccc(-n2cnc(C(=O)O)c2NC(=O)C(F)(F)F)cc1. The highest BCUT2D eigenvalue weighted by molar-refractivity contribution is 6.00. The summed E-state index contributed by atoms with van der Waals surface area (Å²) in [6.45, 7) is 0. The predicted molar refractivity (Wildman–Crippen MR) is 71.8 cm³/mol. The lowest BCUT2D eigenvalue weighted by molar-refractivity contribution is -0.167. The number of halogens is 3. The Kier molecular flexibility index (Phi) is 4.25. The molecule has 2 rings (SSSR count). The van der Waals surface area contributed by atoms with Crippen molar-refractivity contribution in [2.24, 2.45) is 0 Å². The third kappa shape index (κ3) is 3.42. The number of anilines is 1. The van der Waals surface area contributed by atoms with E-state index in [0.717, 1.165) is 10.9 Å². The Morgan fingerprint density at radius 3 is 2.35 bits per heavy atom. The standard InChI is InChI=1S/C13H10F3N3O4/c1-23-8-4-2-7(3-5-8)19-6-17-9(11(20)21)10(19)18-12(22)13(14,15)16/h2-6H,1H3,(H,18,22)(H,20,21). The molecule has 0 atom stereocenters. The molecule has 0 unspecified atom stereocenters. The Labute approximate surface area is 127 Å². The number of carboxylic acids is 1. The molecule has 0 bridgehead atoms. The van der Waals surface area contributed by atoms with Crippen LogP contribution in [0.3, 0.4) is 0 Å². The number of ether oxygens (including phenoxy) is 1. The van der Waals surface area contributed by atoms with Crippen LogP contribution in [-0.2, 0) is 4.79 Å². The lowest BCUT2D eigenvalue weighted by atomic mass is 10.3. The Bertz CT molecular complexity index is 738. The maximum absolute atomic E-state index is 12.4. The van der Waals surface area contributed by atoms with Crippen LogP contribution >= 0.6 is 0 Å². The minimum atomic E-state index is -5.16. The first-order valence-electron chi connectivity index (χ1n) is 6.07. The van der Waals surface area contributed by atoms with Crippen molar-refractivity contribution in [2.45, 2.75) is 6.18 Å². The molecule has 0 aliphatic heterocycles. The molecule has 0 saturated carbocycles. The monoisotopic (exact) mass is 329 g/mol. The van der Waals surface area contributed by atoms with E-state index in [1.54, 1.807) is 0 Å². The number of carbonyl (C=O) groups excluding carboxylic acids is 1. The molecule has 0 spiro atoms. The van der Waals surface area contributed by atoms with Gasteiger partial charge in [0.2, 0.25) is 0 Å². The molecule has 0 aliphatic carbocycles. The van der Waals surface area contributed by atoms with E-state index in [-0.39, 0.29) is 0 Å². The van der Waals surface area contributed by atoms with Crippen LogP contribution in [0.1, 0.15) is 10.5 Å². The highest BCUT2D eigenvalue weighted by Gasteiger charge is 2.40. The Morgan fingerprint density at radius 2 is 1.87 bits per heavy atom. The van der Waals surface area contributed by atoms with Gasteiger partial charge in [0, 0.05) is 5.69 Å². The number of rotatable bonds is 4. The molecule has 2 N–H and O–H groups in total. The Balaban J connectivity index is 2.47. The van der Waals surface area contributed by atoms with Gasteiger partial charge in [-0.1, -0.05) is 0 Å². The van der Waals surface area contributed by atoms with Crippen molar-refractivity contribution in [3.05, 3.63) is 36.3 Å². The number of hydrogen-bond donors (Lipinski definition) is 2. The molecule has 23 heavy (non-hydrogen) atoms. The van der Waals surface area contributed by atoms with Crippen LogP contribution in [0.25, 0.3) is 5.69 Å². The fraction of sp³-hybridized carbons (Fsp3) is 0.154. The van der Waals surface area contributed by atoms with Gasteiger partial charge in [-0.25, -0.2) is 9.78 Å². The molecule has 0 fully saturated rings. The van der Waals surface area contributed by atoms with E-state index < -0.39 is 29.6 Å². The van der Waals surface area contributed by atoms with E-state index in [1.807, 2.05) is 0 Å². The normalized spacial score (nSPS) is 11.1. The molecule has 1 aromatic heterocycles. The van der Waals surface area contributed by atoms with E-state index in [1.165, 1.54) is 36.7 Å². The number of alkyl halides is 3. The number of carboxylic acid groups (broad SMARTS) is 1. The third-order valence-corrected chi connectivity index (χ3v) is 2.81. The van der Waals surface area contributed by atoms with E-state index in [2.05, 4.69) is 4.98 Å². The number of aromatic nitrogens is 2. The average Bonchev–Trinajstić information content (AvgIpc) is 2.90. The van der Waals surface area contributed by atoms with Crippen LogP contribution in [0, 0.1) is 0 Å². The quantitative estimate of drug-likeness (QED) is 0.896. The molecule has 2 aromatic rings. The van der Waals surface area contributed by atoms with Crippen LogP contribution in [0.2, 0.25) is 0 Å². The van der Waals surface area contributed by atoms with Gasteiger partial charge >= 0.3 is 18.1 Å². The van der Waals surface area contributed by atoms with Crippen LogP contribution in [0.4, 0.5) is 19.0 Å². The summed E-state index contributed by atoms with van der Waals surface area (Å²) < 4.78 is 43.2. The van der Waals surface area contributed by atoms with Gasteiger partial charge in [-0.3, -0.25) is 9.36 Å². The van der Waals surface area contributed by atoms with E-state index in [0.29, 0.717) is 11.4 Å². The van der Waals surface area contributed by atoms with Crippen LogP contribution < -0.4 is 10.1 Å². The Hall–Kier alpha value is -3.04. The summed E-state index contributed by atoms with van der Waals surface area (Å²) >= 11 is 0. The van der Waals surface area contributed by atoms with Crippen molar-refractivity contribution in [1.29, 1.82) is 0 Å². The van der Waals surface area contributed by atoms with Gasteiger partial charge in [-0.05, 0) is 24.3 Å². The number of methoxy groups -OCH3 is 1. The first-order chi connectivity index (χ1) is 10.7. The minimum absolute atomic E-state index is 0.295. The average molecular weight is 329 g/mol. The highest BCUT2D eigenvalue weighted by atomic mass is 19.4. The highest BCUT2D eigenvalue weighted by Crippen LogP contribution is 2.25. The minimum Gasteiger partial charge on any atom is -0.497 e. The molecule has 1 amide bonds. The first kappa shape index (κ1) is 16.3. The van der Waals surface area contributed by atoms with Gasteiger partial charge < -0.3 is 15.2 Å². The van der Waals surface area contributed by atoms with Crippen LogP contribution in [0.5, 0.6) is 5.75 Å². The van der Waals surface area contributed by atoms with Crippen molar-refractivity contribution in [3.8, 4) is 11.4 Å². The fourth-order valence-corrected chi connectivity index (χ4v) is 1.74. The summed E-state index contributed by atoms with van der Waals surface area (Å²) in [6, 6.07) is 5.97. The van der Waals surface area contributed by atoms with Crippen LogP contribution in [0.15, 0.2) is 30.6 Å². The van der Waals surface area contributed by atoms with Crippen molar-refractivity contribution < 1.29 is 32.6 Å². The lowest BCUT2D eigenvalue weighted by Crippen LogP contribution is -2.31. The summed E-state index contributed by atoms with van der Waals surface area (Å²) in [7, 11) is 1.43. The van der Waals surface area contributed by atoms with Crippen molar-refractivity contribution in [1.82, 2.24) is 9.55 Å². The number of hydrogen-bond acceptors (Lipinski definition) is 4. The molecule has 1 heterocycles. The maximum Gasteiger partial charge on any atom is 0.471 e. The fourth-order valence-electron chi connectivity index (χ4n) is 1.74. The topological polar surface area (TPSA) is 93.5 Å². The summed E-state index contributed by atoms with van der Waals surface area (Å²) in [5.74, 6) is -3.97. The first-order valence-corrected chi connectivity index (χ1v) is 6.07. The maximum atomic E-state index is 12.4. The van der Waals surface area contributed by atoms with Crippen molar-refractivity contribution >= 4 is 17.7 Å². The number of imidazole rings is 1. The number of amides is 1. The van der Waals surface area contributed by atoms with E-state index in [9.17, 15) is 22.8 Å². The number of carbonyl (C=O) groups is 2. The molecule has 0 radical (unpaired) electrons. The van der Waals surface area contributed by atoms with Gasteiger partial charge in [0.25, 0.3) is 0 Å². The summed E-state index contributed by atoms with van der Waals surface area (Å²) in [4.78, 5) is 25.7. The van der Waals surface area contributed by atoms with E-state index in [4.69, 9.17) is 9.84 Å². The van der Waals surface area contributed by atoms with Crippen molar-refractivity contribution in [3.63, 3.8) is 0 Å². The second-order valence-corrected chi connectivity index (χ2v) is 4.27. The molecule has 10 heteroatoms. The molecular weight excluding hydrogens is 319 g/mol. The number of aromatic carboxylic acids is 1. The zero-order valence-electron chi connectivity index (χ0n) is 11.6. The van der Waals surface area contributed by atoms with Gasteiger partial charge in [-0.2, -0.15) is 13.2 Å². The number of nitrogens with zero attached hydrogens (tertiary/aromatic N) is 2. The molecule has 1 aromatic carbocycles. The molecule has 7 nitrogen and oxygen atoms in total. The number of nitrogens with one attached hydrogen (secondary N) is 1. The summed E-state index contributed by atoms with van der Waals surface area (Å²) in [5, 5.41) is 10.5. The third-order valence-electron chi connectivity index (χ3n) is 2.81. The van der Waals surface area contributed by atoms with E-state index >= 15 is 0 Å². The second-order valence-electron chi connectivity index (χ2n) is 4.27. The summed E-state index contributed by atoms with van der Waals surface area (Å²) in [5.41, 5.74) is -0.415. The summed E-state index contributed by atoms with van der Waals surface area (Å²) in [6.07, 6.45) is -4.16. The van der Waals surface area contributed by atoms with Gasteiger partial charge in [-0.15, -0.1) is 0 Å². The van der Waals surface area contributed by atoms with Crippen molar-refractivity contribution in [2.75, 3.05) is 12.4 Å². The zero-order chi connectivity index (χ0) is 17.2.